The molecule has 0 radical (unpaired) electrons. The molecule has 0 atom stereocenters. The van der Waals surface area contributed by atoms with E-state index in [-0.39, 0.29) is 0 Å². The molecule has 0 aromatic rings. The lowest BCUT2D eigenvalue weighted by Gasteiger charge is -1.96. The van der Waals surface area contributed by atoms with Crippen molar-refractivity contribution in [1.82, 2.24) is 0 Å². The molecule has 0 bridgehead atoms. The van der Waals surface area contributed by atoms with Crippen LogP contribution in [0.2, 0.25) is 0 Å². The molecule has 0 unspecified atom stereocenters. The van der Waals surface area contributed by atoms with Gasteiger partial charge in [-0.05, 0) is 19.8 Å². The third-order valence-electron chi connectivity index (χ3n) is 1.49. The summed E-state index contributed by atoms with van der Waals surface area (Å²) in [7, 11) is 0. The van der Waals surface area contributed by atoms with Gasteiger partial charge in [0.2, 0.25) is 0 Å². The molecule has 0 fully saturated rings. The molecule has 10 heavy (non-hydrogen) atoms. The summed E-state index contributed by atoms with van der Waals surface area (Å²) < 4.78 is 0. The van der Waals surface area contributed by atoms with Crippen LogP contribution in [0, 0.1) is 0 Å². The Morgan fingerprint density at radius 2 is 2.20 bits per heavy atom. The molecule has 0 aliphatic rings. The molecule has 0 saturated heterocycles. The van der Waals surface area contributed by atoms with E-state index in [0.29, 0.717) is 6.42 Å². The van der Waals surface area contributed by atoms with Gasteiger partial charge >= 0.3 is 0 Å². The van der Waals surface area contributed by atoms with Gasteiger partial charge in [0.1, 0.15) is 6.29 Å². The van der Waals surface area contributed by atoms with Gasteiger partial charge < -0.3 is 4.79 Å². The molecule has 0 aromatic carbocycles. The molecule has 1 nitrogen and oxygen atoms in total. The van der Waals surface area contributed by atoms with Gasteiger partial charge in [0.15, 0.2) is 0 Å². The molecule has 1 heteroatoms. The topological polar surface area (TPSA) is 17.1 Å². The molecule has 0 amide bonds. The number of hydrogen-bond acceptors (Lipinski definition) is 1. The minimum atomic E-state index is 0.579. The Kier molecular flexibility index (Phi) is 6.14. The van der Waals surface area contributed by atoms with E-state index in [0.717, 1.165) is 12.7 Å². The van der Waals surface area contributed by atoms with Gasteiger partial charge in [0.25, 0.3) is 0 Å². The average Bonchev–Trinajstić information content (AvgIpc) is 1.97. The minimum absolute atomic E-state index is 0.579. The first-order chi connectivity index (χ1) is 4.81. The fourth-order valence-corrected chi connectivity index (χ4v) is 0.807. The minimum Gasteiger partial charge on any atom is -0.303 e. The quantitative estimate of drug-likeness (QED) is 0.424. The van der Waals surface area contributed by atoms with E-state index in [4.69, 9.17) is 0 Å². The third-order valence-corrected chi connectivity index (χ3v) is 1.49. The van der Waals surface area contributed by atoms with Crippen LogP contribution in [-0.2, 0) is 4.79 Å². The maximum absolute atomic E-state index is 9.94. The van der Waals surface area contributed by atoms with Crippen molar-refractivity contribution in [3.05, 3.63) is 11.6 Å². The van der Waals surface area contributed by atoms with Gasteiger partial charge in [-0.3, -0.25) is 0 Å². The number of carbonyl (C=O) groups is 1. The number of unbranched alkanes of at least 4 members (excludes halogenated alkanes) is 1. The highest BCUT2D eigenvalue weighted by Crippen LogP contribution is 2.05. The molecule has 0 spiro atoms. The molecule has 0 aliphatic carbocycles. The monoisotopic (exact) mass is 140 g/mol. The maximum atomic E-state index is 9.94. The number of aldehydes is 1. The van der Waals surface area contributed by atoms with Crippen molar-refractivity contribution < 1.29 is 4.79 Å². The van der Waals surface area contributed by atoms with Gasteiger partial charge in [0, 0.05) is 6.42 Å². The second-order valence-electron chi connectivity index (χ2n) is 2.56. The lowest BCUT2D eigenvalue weighted by Crippen LogP contribution is -1.78. The van der Waals surface area contributed by atoms with Crippen molar-refractivity contribution in [2.45, 2.75) is 39.5 Å². The summed E-state index contributed by atoms with van der Waals surface area (Å²) in [5.41, 5.74) is 1.34. The van der Waals surface area contributed by atoms with Crippen LogP contribution in [0.5, 0.6) is 0 Å². The van der Waals surface area contributed by atoms with Crippen molar-refractivity contribution in [3.8, 4) is 0 Å². The van der Waals surface area contributed by atoms with Crippen molar-refractivity contribution >= 4 is 6.29 Å². The van der Waals surface area contributed by atoms with E-state index < -0.39 is 0 Å². The Balaban J connectivity index is 3.38. The highest BCUT2D eigenvalue weighted by atomic mass is 16.1. The highest BCUT2D eigenvalue weighted by molar-refractivity contribution is 5.52. The lowest BCUT2D eigenvalue weighted by molar-refractivity contribution is -0.107. The molecule has 0 aliphatic heterocycles. The predicted molar refractivity (Wildman–Crippen MR) is 44.0 cm³/mol. The maximum Gasteiger partial charge on any atom is 0.123 e. The lowest BCUT2D eigenvalue weighted by atomic mass is 10.1. The first kappa shape index (κ1) is 9.41. The SMILES string of the molecule is CCCC/C(C)=C/CC=O. The van der Waals surface area contributed by atoms with Crippen LogP contribution in [0.1, 0.15) is 39.5 Å². The molecule has 0 saturated carbocycles. The van der Waals surface area contributed by atoms with Gasteiger partial charge in [0.05, 0.1) is 0 Å². The zero-order chi connectivity index (χ0) is 7.82. The van der Waals surface area contributed by atoms with Gasteiger partial charge in [-0.15, -0.1) is 0 Å². The van der Waals surface area contributed by atoms with E-state index in [9.17, 15) is 4.79 Å². The molecular formula is C9H16O. The summed E-state index contributed by atoms with van der Waals surface area (Å²) in [6.07, 6.45) is 7.13. The summed E-state index contributed by atoms with van der Waals surface area (Å²) in [6.45, 7) is 4.26. The Bertz CT molecular complexity index is 114. The fraction of sp³-hybridized carbons (Fsp3) is 0.667. The van der Waals surface area contributed by atoms with Crippen LogP contribution in [0.4, 0.5) is 0 Å². The molecule has 0 aromatic heterocycles. The van der Waals surface area contributed by atoms with E-state index in [1.807, 2.05) is 6.08 Å². The smallest absolute Gasteiger partial charge is 0.123 e. The van der Waals surface area contributed by atoms with Crippen LogP contribution in [0.15, 0.2) is 11.6 Å². The van der Waals surface area contributed by atoms with Gasteiger partial charge in [-0.25, -0.2) is 0 Å². The zero-order valence-corrected chi connectivity index (χ0v) is 6.89. The highest BCUT2D eigenvalue weighted by Gasteiger charge is 1.86. The van der Waals surface area contributed by atoms with Gasteiger partial charge in [-0.1, -0.05) is 25.0 Å². The first-order valence-corrected chi connectivity index (χ1v) is 3.90. The molecule has 0 heterocycles. The first-order valence-electron chi connectivity index (χ1n) is 3.90. The zero-order valence-electron chi connectivity index (χ0n) is 6.89. The summed E-state index contributed by atoms with van der Waals surface area (Å²) in [5.74, 6) is 0. The molecule has 0 N–H and O–H groups in total. The third kappa shape index (κ3) is 5.54. The summed E-state index contributed by atoms with van der Waals surface area (Å²) >= 11 is 0. The number of hydrogen-bond donors (Lipinski definition) is 0. The van der Waals surface area contributed by atoms with E-state index in [2.05, 4.69) is 13.8 Å². The van der Waals surface area contributed by atoms with Crippen molar-refractivity contribution in [2.75, 3.05) is 0 Å². The van der Waals surface area contributed by atoms with Gasteiger partial charge in [-0.2, -0.15) is 0 Å². The standard InChI is InChI=1S/C9H16O/c1-3-4-6-9(2)7-5-8-10/h7-8H,3-6H2,1-2H3/b9-7+. The second-order valence-corrected chi connectivity index (χ2v) is 2.56. The van der Waals surface area contributed by atoms with Crippen LogP contribution in [0.3, 0.4) is 0 Å². The average molecular weight is 140 g/mol. The number of allylic oxidation sites excluding steroid dienone is 2. The van der Waals surface area contributed by atoms with Crippen molar-refractivity contribution in [1.29, 1.82) is 0 Å². The number of rotatable bonds is 5. The number of carbonyl (C=O) groups excluding carboxylic acids is 1. The van der Waals surface area contributed by atoms with Crippen LogP contribution in [-0.4, -0.2) is 6.29 Å². The predicted octanol–water partition coefficient (Wildman–Crippen LogP) is 2.71. The van der Waals surface area contributed by atoms with Crippen LogP contribution < -0.4 is 0 Å². The Labute approximate surface area is 63.1 Å². The van der Waals surface area contributed by atoms with Crippen molar-refractivity contribution in [3.63, 3.8) is 0 Å². The van der Waals surface area contributed by atoms with E-state index in [1.165, 1.54) is 18.4 Å². The van der Waals surface area contributed by atoms with Crippen LogP contribution >= 0.6 is 0 Å². The summed E-state index contributed by atoms with van der Waals surface area (Å²) in [6, 6.07) is 0. The second kappa shape index (κ2) is 6.53. The summed E-state index contributed by atoms with van der Waals surface area (Å²) in [4.78, 5) is 9.94. The molecular weight excluding hydrogens is 124 g/mol. The van der Waals surface area contributed by atoms with E-state index in [1.54, 1.807) is 0 Å². The normalized spacial score (nSPS) is 11.6. The van der Waals surface area contributed by atoms with E-state index >= 15 is 0 Å². The molecule has 58 valence electrons. The van der Waals surface area contributed by atoms with Crippen molar-refractivity contribution in [2.24, 2.45) is 0 Å². The fourth-order valence-electron chi connectivity index (χ4n) is 0.807. The summed E-state index contributed by atoms with van der Waals surface area (Å²) in [5, 5.41) is 0. The largest absolute Gasteiger partial charge is 0.303 e. The Morgan fingerprint density at radius 1 is 1.50 bits per heavy atom. The Morgan fingerprint density at radius 3 is 2.70 bits per heavy atom. The molecule has 0 rings (SSSR count). The Hall–Kier alpha value is -0.590. The van der Waals surface area contributed by atoms with Crippen LogP contribution in [0.25, 0.3) is 0 Å².